The van der Waals surface area contributed by atoms with E-state index in [0.29, 0.717) is 5.75 Å². The number of hydrogen-bond donors (Lipinski definition) is 3. The number of halogens is 2. The first kappa shape index (κ1) is 24.5. The number of thioether (sulfide) groups is 1. The van der Waals surface area contributed by atoms with Crippen molar-refractivity contribution in [3.8, 4) is 11.1 Å². The highest BCUT2D eigenvalue weighted by molar-refractivity contribution is 7.98. The Morgan fingerprint density at radius 1 is 1.09 bits per heavy atom. The van der Waals surface area contributed by atoms with Gasteiger partial charge in [-0.05, 0) is 40.7 Å². The molecule has 0 saturated carbocycles. The number of carboxylic acid groups (broad SMARTS) is 1. The molecule has 3 N–H and O–H groups in total. The number of alkyl halides is 2. The summed E-state index contributed by atoms with van der Waals surface area (Å²) in [5, 5.41) is 12.8. The fourth-order valence-corrected chi connectivity index (χ4v) is 4.16. The molecule has 0 radical (unpaired) electrons. The van der Waals surface area contributed by atoms with Gasteiger partial charge in [0.1, 0.15) is 12.6 Å². The minimum Gasteiger partial charge on any atom is -0.477 e. The molecule has 1 atom stereocenters. The van der Waals surface area contributed by atoms with Crippen LogP contribution in [0, 0.1) is 0 Å². The van der Waals surface area contributed by atoms with Crippen molar-refractivity contribution >= 4 is 29.7 Å². The lowest BCUT2D eigenvalue weighted by molar-refractivity contribution is -0.164. The summed E-state index contributed by atoms with van der Waals surface area (Å²) in [5.41, 5.74) is 4.19. The Morgan fingerprint density at radius 2 is 1.67 bits per heavy atom. The van der Waals surface area contributed by atoms with Crippen LogP contribution in [-0.2, 0) is 14.3 Å². The molecule has 0 bridgehead atoms. The van der Waals surface area contributed by atoms with E-state index in [4.69, 9.17) is 9.84 Å². The van der Waals surface area contributed by atoms with Gasteiger partial charge in [0.05, 0.1) is 6.54 Å². The fourth-order valence-electron chi connectivity index (χ4n) is 3.68. The van der Waals surface area contributed by atoms with Crippen LogP contribution in [0.4, 0.5) is 13.6 Å². The van der Waals surface area contributed by atoms with Gasteiger partial charge in [-0.1, -0.05) is 48.5 Å². The van der Waals surface area contributed by atoms with E-state index in [9.17, 15) is 23.2 Å². The second kappa shape index (κ2) is 10.7. The van der Waals surface area contributed by atoms with E-state index in [1.54, 1.807) is 6.26 Å². The van der Waals surface area contributed by atoms with E-state index >= 15 is 0 Å². The number of aliphatic carboxylic acids is 1. The molecule has 7 nitrogen and oxygen atoms in total. The molecule has 1 aliphatic carbocycles. The number of carboxylic acids is 1. The SMILES string of the molecule is CSCC[C@H](NC(=O)OCC1c2ccccc2-c2ccccc21)C(=O)NCC(F)(F)C(=O)O. The van der Waals surface area contributed by atoms with Crippen molar-refractivity contribution in [1.82, 2.24) is 10.6 Å². The number of ether oxygens (including phenoxy) is 1. The lowest BCUT2D eigenvalue weighted by Crippen LogP contribution is -2.51. The third-order valence-corrected chi connectivity index (χ3v) is 6.00. The molecule has 2 amide bonds. The zero-order valence-electron chi connectivity index (χ0n) is 17.8. The minimum absolute atomic E-state index is 0.0355. The number of amides is 2. The van der Waals surface area contributed by atoms with E-state index in [2.05, 4.69) is 5.32 Å². The molecule has 0 aliphatic heterocycles. The largest absolute Gasteiger partial charge is 0.477 e. The normalized spacial score (nSPS) is 13.5. The Balaban J connectivity index is 1.63. The van der Waals surface area contributed by atoms with Crippen molar-refractivity contribution in [3.05, 3.63) is 59.7 Å². The highest BCUT2D eigenvalue weighted by Crippen LogP contribution is 2.44. The van der Waals surface area contributed by atoms with Gasteiger partial charge >= 0.3 is 18.0 Å². The molecule has 0 fully saturated rings. The number of nitrogens with one attached hydrogen (secondary N) is 2. The molecule has 10 heteroatoms. The van der Waals surface area contributed by atoms with Gasteiger partial charge in [-0.3, -0.25) is 4.79 Å². The summed E-state index contributed by atoms with van der Waals surface area (Å²) in [7, 11) is 0. The summed E-state index contributed by atoms with van der Waals surface area (Å²) in [4.78, 5) is 35.3. The Kier molecular flexibility index (Phi) is 7.91. The molecule has 2 aromatic rings. The molecule has 176 valence electrons. The van der Waals surface area contributed by atoms with Crippen molar-refractivity contribution < 1.29 is 33.0 Å². The van der Waals surface area contributed by atoms with E-state index < -0.39 is 36.5 Å². The smallest absolute Gasteiger partial charge is 0.407 e. The molecular weight excluding hydrogens is 454 g/mol. The number of alkyl carbamates (subject to hydrolysis) is 1. The van der Waals surface area contributed by atoms with Crippen LogP contribution in [0.2, 0.25) is 0 Å². The monoisotopic (exact) mass is 478 g/mol. The first-order valence-electron chi connectivity index (χ1n) is 10.2. The third kappa shape index (κ3) is 5.81. The van der Waals surface area contributed by atoms with E-state index in [-0.39, 0.29) is 18.9 Å². The van der Waals surface area contributed by atoms with E-state index in [1.807, 2.05) is 53.8 Å². The molecule has 2 aromatic carbocycles. The first-order valence-corrected chi connectivity index (χ1v) is 11.6. The van der Waals surface area contributed by atoms with Gasteiger partial charge in [-0.2, -0.15) is 20.5 Å². The summed E-state index contributed by atoms with van der Waals surface area (Å²) in [6.07, 6.45) is 1.10. The predicted molar refractivity (Wildman–Crippen MR) is 121 cm³/mol. The Morgan fingerprint density at radius 3 is 2.21 bits per heavy atom. The number of hydrogen-bond acceptors (Lipinski definition) is 5. The van der Waals surface area contributed by atoms with Crippen LogP contribution >= 0.6 is 11.8 Å². The standard InChI is InChI=1S/C23H24F2N2O5S/c1-33-11-10-19(20(28)26-13-23(24,25)21(29)30)27-22(31)32-12-18-16-8-4-2-6-14(16)15-7-3-5-9-17(15)18/h2-9,18-19H,10-13H2,1H3,(H,26,28)(H,27,31)(H,29,30)/t19-/m0/s1. The summed E-state index contributed by atoms with van der Waals surface area (Å²) in [6, 6.07) is 14.5. The second-order valence-electron chi connectivity index (χ2n) is 7.53. The zero-order valence-corrected chi connectivity index (χ0v) is 18.7. The molecule has 0 unspecified atom stereocenters. The number of benzene rings is 2. The molecule has 0 aromatic heterocycles. The number of carbonyl (C=O) groups excluding carboxylic acids is 2. The maximum Gasteiger partial charge on any atom is 0.407 e. The van der Waals surface area contributed by atoms with E-state index in [0.717, 1.165) is 22.3 Å². The predicted octanol–water partition coefficient (Wildman–Crippen LogP) is 3.48. The summed E-state index contributed by atoms with van der Waals surface area (Å²) >= 11 is 1.41. The van der Waals surface area contributed by atoms with Gasteiger partial charge in [-0.15, -0.1) is 0 Å². The number of rotatable bonds is 10. The van der Waals surface area contributed by atoms with Gasteiger partial charge < -0.3 is 20.5 Å². The highest BCUT2D eigenvalue weighted by atomic mass is 32.2. The number of fused-ring (bicyclic) bond motifs is 3. The van der Waals surface area contributed by atoms with Crippen LogP contribution in [0.25, 0.3) is 11.1 Å². The van der Waals surface area contributed by atoms with Crippen LogP contribution < -0.4 is 10.6 Å². The topological polar surface area (TPSA) is 105 Å². The Bertz CT molecular complexity index is 988. The lowest BCUT2D eigenvalue weighted by Gasteiger charge is -2.20. The maximum absolute atomic E-state index is 13.3. The van der Waals surface area contributed by atoms with Gasteiger partial charge in [0, 0.05) is 5.92 Å². The van der Waals surface area contributed by atoms with Gasteiger partial charge in [-0.25, -0.2) is 9.59 Å². The van der Waals surface area contributed by atoms with Crippen LogP contribution in [0.3, 0.4) is 0 Å². The van der Waals surface area contributed by atoms with Crippen molar-refractivity contribution in [2.75, 3.05) is 25.2 Å². The van der Waals surface area contributed by atoms with Crippen LogP contribution in [0.5, 0.6) is 0 Å². The van der Waals surface area contributed by atoms with Crippen LogP contribution in [0.15, 0.2) is 48.5 Å². The summed E-state index contributed by atoms with van der Waals surface area (Å²) in [5.74, 6) is -7.05. The number of carbonyl (C=O) groups is 3. The highest BCUT2D eigenvalue weighted by Gasteiger charge is 2.39. The van der Waals surface area contributed by atoms with Crippen molar-refractivity contribution in [2.24, 2.45) is 0 Å². The average Bonchev–Trinajstić information content (AvgIpc) is 3.12. The molecule has 33 heavy (non-hydrogen) atoms. The van der Waals surface area contributed by atoms with Crippen LogP contribution in [-0.4, -0.2) is 60.2 Å². The van der Waals surface area contributed by atoms with Crippen molar-refractivity contribution in [3.63, 3.8) is 0 Å². The first-order chi connectivity index (χ1) is 15.7. The molecule has 0 heterocycles. The molecule has 0 saturated heterocycles. The van der Waals surface area contributed by atoms with Gasteiger partial charge in [0.25, 0.3) is 0 Å². The summed E-state index contributed by atoms with van der Waals surface area (Å²) < 4.78 is 32.0. The quantitative estimate of drug-likeness (QED) is 0.483. The Hall–Kier alpha value is -3.14. The van der Waals surface area contributed by atoms with Crippen molar-refractivity contribution in [1.29, 1.82) is 0 Å². The van der Waals surface area contributed by atoms with Gasteiger partial charge in [0.15, 0.2) is 0 Å². The molecule has 1 aliphatic rings. The lowest BCUT2D eigenvalue weighted by atomic mass is 9.98. The summed E-state index contributed by atoms with van der Waals surface area (Å²) in [6.45, 7) is -1.34. The molecular formula is C23H24F2N2O5S. The minimum atomic E-state index is -4.11. The molecule has 0 spiro atoms. The fraction of sp³-hybridized carbons (Fsp3) is 0.348. The second-order valence-corrected chi connectivity index (χ2v) is 8.52. The van der Waals surface area contributed by atoms with E-state index in [1.165, 1.54) is 11.8 Å². The van der Waals surface area contributed by atoms with Gasteiger partial charge in [0.2, 0.25) is 5.91 Å². The van der Waals surface area contributed by atoms with Crippen LogP contribution in [0.1, 0.15) is 23.5 Å². The zero-order chi connectivity index (χ0) is 24.0. The maximum atomic E-state index is 13.3. The molecule has 3 rings (SSSR count). The van der Waals surface area contributed by atoms with Crippen molar-refractivity contribution in [2.45, 2.75) is 24.3 Å². The third-order valence-electron chi connectivity index (χ3n) is 5.36. The average molecular weight is 479 g/mol. The Labute approximate surface area is 193 Å².